The van der Waals surface area contributed by atoms with Gasteiger partial charge in [-0.3, -0.25) is 14.5 Å². The van der Waals surface area contributed by atoms with Gasteiger partial charge in [0.05, 0.1) is 13.7 Å². The lowest BCUT2D eigenvalue weighted by molar-refractivity contribution is -0.131. The molecule has 1 saturated heterocycles. The van der Waals surface area contributed by atoms with E-state index in [1.165, 1.54) is 10.9 Å². The summed E-state index contributed by atoms with van der Waals surface area (Å²) in [5.41, 5.74) is 1.38. The molecule has 172 valence electrons. The predicted molar refractivity (Wildman–Crippen MR) is 127 cm³/mol. The largest absolute Gasteiger partial charge is 0.497 e. The van der Waals surface area contributed by atoms with E-state index in [9.17, 15) is 14.0 Å². The number of ether oxygens (including phenoxy) is 1. The normalized spacial score (nSPS) is 14.2. The van der Waals surface area contributed by atoms with Crippen molar-refractivity contribution in [3.63, 3.8) is 0 Å². The summed E-state index contributed by atoms with van der Waals surface area (Å²) in [7, 11) is 1.57. The van der Waals surface area contributed by atoms with Crippen molar-refractivity contribution in [2.45, 2.75) is 6.54 Å². The Hall–Kier alpha value is -3.23. The number of amides is 2. The van der Waals surface area contributed by atoms with Gasteiger partial charge in [-0.1, -0.05) is 12.1 Å². The number of halogens is 1. The zero-order valence-corrected chi connectivity index (χ0v) is 19.2. The summed E-state index contributed by atoms with van der Waals surface area (Å²) in [6.45, 7) is 3.57. The van der Waals surface area contributed by atoms with Crippen molar-refractivity contribution in [2.75, 3.05) is 39.8 Å². The van der Waals surface area contributed by atoms with Crippen LogP contribution in [0.15, 0.2) is 60.7 Å². The predicted octanol–water partition coefficient (Wildman–Crippen LogP) is 3.64. The number of hydrogen-bond acceptors (Lipinski definition) is 5. The summed E-state index contributed by atoms with van der Waals surface area (Å²) in [5, 5.41) is 2.70. The Morgan fingerprint density at radius 3 is 2.48 bits per heavy atom. The fourth-order valence-electron chi connectivity index (χ4n) is 3.75. The zero-order valence-electron chi connectivity index (χ0n) is 18.4. The van der Waals surface area contributed by atoms with E-state index in [0.29, 0.717) is 24.4 Å². The maximum absolute atomic E-state index is 13.5. The molecular weight excluding hydrogens is 441 g/mol. The van der Waals surface area contributed by atoms with E-state index in [2.05, 4.69) is 16.3 Å². The minimum Gasteiger partial charge on any atom is -0.497 e. The monoisotopic (exact) mass is 467 g/mol. The number of thiophene rings is 1. The zero-order chi connectivity index (χ0) is 23.2. The first kappa shape index (κ1) is 22.9. The van der Waals surface area contributed by atoms with Gasteiger partial charge >= 0.3 is 0 Å². The van der Waals surface area contributed by atoms with Gasteiger partial charge < -0.3 is 15.0 Å². The van der Waals surface area contributed by atoms with E-state index >= 15 is 0 Å². The van der Waals surface area contributed by atoms with E-state index in [1.807, 2.05) is 12.1 Å². The van der Waals surface area contributed by atoms with Gasteiger partial charge in [0, 0.05) is 48.0 Å². The lowest BCUT2D eigenvalue weighted by atomic mass is 10.2. The molecule has 6 nitrogen and oxygen atoms in total. The lowest BCUT2D eigenvalue weighted by Gasteiger charge is -2.34. The Balaban J connectivity index is 1.22. The van der Waals surface area contributed by atoms with E-state index < -0.39 is 0 Å². The van der Waals surface area contributed by atoms with Gasteiger partial charge in [0.1, 0.15) is 11.6 Å². The number of piperazine rings is 1. The van der Waals surface area contributed by atoms with Gasteiger partial charge in [0.2, 0.25) is 5.91 Å². The molecule has 1 N–H and O–H groups in total. The molecule has 3 aromatic rings. The van der Waals surface area contributed by atoms with Crippen LogP contribution in [0.2, 0.25) is 0 Å². The highest BCUT2D eigenvalue weighted by Crippen LogP contribution is 2.29. The lowest BCUT2D eigenvalue weighted by Crippen LogP contribution is -2.50. The molecule has 0 radical (unpaired) electrons. The molecule has 4 rings (SSSR count). The fourth-order valence-corrected chi connectivity index (χ4v) is 4.79. The number of nitrogens with zero attached hydrogens (tertiary/aromatic N) is 2. The molecule has 0 unspecified atom stereocenters. The first-order chi connectivity index (χ1) is 16.0. The molecule has 0 bridgehead atoms. The molecular formula is C25H26FN3O3S. The minimum absolute atomic E-state index is 0.0210. The maximum Gasteiger partial charge on any atom is 0.251 e. The average molecular weight is 468 g/mol. The second kappa shape index (κ2) is 10.6. The molecule has 8 heteroatoms. The molecule has 2 heterocycles. The molecule has 0 aliphatic carbocycles. The summed E-state index contributed by atoms with van der Waals surface area (Å²) >= 11 is 1.66. The number of benzene rings is 2. The summed E-state index contributed by atoms with van der Waals surface area (Å²) in [6.07, 6.45) is 0. The molecule has 0 atom stereocenters. The van der Waals surface area contributed by atoms with E-state index in [-0.39, 0.29) is 24.2 Å². The van der Waals surface area contributed by atoms with Crippen molar-refractivity contribution in [3.05, 3.63) is 76.9 Å². The van der Waals surface area contributed by atoms with Gasteiger partial charge in [-0.05, 0) is 54.1 Å². The van der Waals surface area contributed by atoms with Crippen LogP contribution in [-0.2, 0) is 11.3 Å². The number of hydrogen-bond donors (Lipinski definition) is 1. The number of carbonyl (C=O) groups is 2. The number of carbonyl (C=O) groups excluding carboxylic acids is 2. The molecule has 1 aromatic heterocycles. The van der Waals surface area contributed by atoms with Crippen LogP contribution in [0.25, 0.3) is 10.4 Å². The maximum atomic E-state index is 13.5. The smallest absolute Gasteiger partial charge is 0.251 e. The van der Waals surface area contributed by atoms with E-state index in [4.69, 9.17) is 4.74 Å². The minimum atomic E-state index is -0.281. The summed E-state index contributed by atoms with van der Waals surface area (Å²) in [4.78, 5) is 31.1. The molecule has 0 saturated carbocycles. The van der Waals surface area contributed by atoms with Crippen molar-refractivity contribution >= 4 is 23.2 Å². The number of methoxy groups -OCH3 is 1. The van der Waals surface area contributed by atoms with Crippen molar-refractivity contribution in [2.24, 2.45) is 0 Å². The standard InChI is InChI=1S/C25H26FN3O3S/c1-32-21-7-5-18(6-8-21)25(31)27-16-24(30)29-13-11-28(12-14-29)17-22-9-10-23(33-22)19-3-2-4-20(26)15-19/h2-10,15H,11-14,16-17H2,1H3,(H,27,31). The van der Waals surface area contributed by atoms with Crippen molar-refractivity contribution in [3.8, 4) is 16.2 Å². The third-order valence-electron chi connectivity index (χ3n) is 5.63. The second-order valence-electron chi connectivity index (χ2n) is 7.84. The molecule has 1 aliphatic rings. The molecule has 1 aliphatic heterocycles. The van der Waals surface area contributed by atoms with E-state index in [1.54, 1.807) is 59.7 Å². The van der Waals surface area contributed by atoms with Gasteiger partial charge in [-0.15, -0.1) is 11.3 Å². The third kappa shape index (κ3) is 5.97. The van der Waals surface area contributed by atoms with Crippen molar-refractivity contribution in [1.29, 1.82) is 0 Å². The molecule has 2 aromatic carbocycles. The third-order valence-corrected chi connectivity index (χ3v) is 6.75. The quantitative estimate of drug-likeness (QED) is 0.577. The molecule has 0 spiro atoms. The number of rotatable bonds is 7. The second-order valence-corrected chi connectivity index (χ2v) is 9.01. The first-order valence-corrected chi connectivity index (χ1v) is 11.6. The van der Waals surface area contributed by atoms with Crippen LogP contribution < -0.4 is 10.1 Å². The van der Waals surface area contributed by atoms with Gasteiger partial charge in [-0.25, -0.2) is 4.39 Å². The van der Waals surface area contributed by atoms with Crippen LogP contribution in [-0.4, -0.2) is 61.4 Å². The number of nitrogens with one attached hydrogen (secondary N) is 1. The molecule has 1 fully saturated rings. The highest BCUT2D eigenvalue weighted by Gasteiger charge is 2.22. The Bertz CT molecular complexity index is 1110. The van der Waals surface area contributed by atoms with Crippen LogP contribution in [0.4, 0.5) is 4.39 Å². The van der Waals surface area contributed by atoms with Crippen LogP contribution in [0.3, 0.4) is 0 Å². The van der Waals surface area contributed by atoms with Gasteiger partial charge in [0.25, 0.3) is 5.91 Å². The molecule has 2 amide bonds. The van der Waals surface area contributed by atoms with Gasteiger partial charge in [0.15, 0.2) is 0 Å². The summed E-state index contributed by atoms with van der Waals surface area (Å²) < 4.78 is 18.6. The SMILES string of the molecule is COc1ccc(C(=O)NCC(=O)N2CCN(Cc3ccc(-c4cccc(F)c4)s3)CC2)cc1. The summed E-state index contributed by atoms with van der Waals surface area (Å²) in [5.74, 6) is 0.0779. The Morgan fingerprint density at radius 2 is 1.79 bits per heavy atom. The van der Waals surface area contributed by atoms with Crippen LogP contribution in [0.5, 0.6) is 5.75 Å². The highest BCUT2D eigenvalue weighted by atomic mass is 32.1. The fraction of sp³-hybridized carbons (Fsp3) is 0.280. The summed E-state index contributed by atoms with van der Waals surface area (Å²) in [6, 6.07) is 17.5. The Labute approximate surface area is 196 Å². The van der Waals surface area contributed by atoms with Crippen LogP contribution >= 0.6 is 11.3 Å². The van der Waals surface area contributed by atoms with E-state index in [0.717, 1.165) is 30.1 Å². The average Bonchev–Trinajstić information content (AvgIpc) is 3.31. The van der Waals surface area contributed by atoms with Gasteiger partial charge in [-0.2, -0.15) is 0 Å². The van der Waals surface area contributed by atoms with Crippen LogP contribution in [0.1, 0.15) is 15.2 Å². The van der Waals surface area contributed by atoms with Crippen molar-refractivity contribution < 1.29 is 18.7 Å². The van der Waals surface area contributed by atoms with Crippen LogP contribution in [0, 0.1) is 5.82 Å². The Morgan fingerprint density at radius 1 is 1.03 bits per heavy atom. The molecule has 33 heavy (non-hydrogen) atoms. The highest BCUT2D eigenvalue weighted by molar-refractivity contribution is 7.15. The topological polar surface area (TPSA) is 61.9 Å². The first-order valence-electron chi connectivity index (χ1n) is 10.8. The van der Waals surface area contributed by atoms with Crippen molar-refractivity contribution in [1.82, 2.24) is 15.1 Å². The Kier molecular flexibility index (Phi) is 7.36.